The van der Waals surface area contributed by atoms with Crippen molar-refractivity contribution >= 4 is 23.3 Å². The lowest BCUT2D eigenvalue weighted by atomic mass is 10.0. The van der Waals surface area contributed by atoms with Crippen molar-refractivity contribution < 1.29 is 18.8 Å². The standard InChI is InChI=1S/C24H26N4O4/c1-17-15-21(27-32-17)26-24(30)23(19-5-3-2-4-6-19)25-20-9-7-18(8-10-20)16-22(29)28-11-13-31-14-12-28/h2-10,15,23,25H,11-14,16H2,1H3,(H,26,27,30). The second-order valence-corrected chi connectivity index (χ2v) is 7.67. The Hall–Kier alpha value is -3.65. The fourth-order valence-electron chi connectivity index (χ4n) is 3.55. The van der Waals surface area contributed by atoms with Crippen LogP contribution in [0.4, 0.5) is 11.5 Å². The summed E-state index contributed by atoms with van der Waals surface area (Å²) in [4.78, 5) is 27.3. The first kappa shape index (κ1) is 21.6. The summed E-state index contributed by atoms with van der Waals surface area (Å²) >= 11 is 0. The third-order valence-corrected chi connectivity index (χ3v) is 5.26. The lowest BCUT2D eigenvalue weighted by molar-refractivity contribution is -0.134. The summed E-state index contributed by atoms with van der Waals surface area (Å²) in [7, 11) is 0. The van der Waals surface area contributed by atoms with Gasteiger partial charge in [-0.05, 0) is 30.2 Å². The number of hydrogen-bond donors (Lipinski definition) is 2. The van der Waals surface area contributed by atoms with Crippen LogP contribution in [0, 0.1) is 6.92 Å². The predicted molar refractivity (Wildman–Crippen MR) is 120 cm³/mol. The van der Waals surface area contributed by atoms with E-state index < -0.39 is 6.04 Å². The van der Waals surface area contributed by atoms with Crippen LogP contribution in [-0.2, 0) is 20.7 Å². The van der Waals surface area contributed by atoms with Gasteiger partial charge >= 0.3 is 0 Å². The maximum Gasteiger partial charge on any atom is 0.252 e. The smallest absolute Gasteiger partial charge is 0.252 e. The third kappa shape index (κ3) is 5.53. The molecule has 3 aromatic rings. The number of nitrogens with one attached hydrogen (secondary N) is 2. The zero-order valence-electron chi connectivity index (χ0n) is 17.9. The molecule has 1 aliphatic heterocycles. The Bertz CT molecular complexity index is 1040. The molecule has 8 nitrogen and oxygen atoms in total. The van der Waals surface area contributed by atoms with Gasteiger partial charge in [-0.1, -0.05) is 47.6 Å². The number of morpholine rings is 1. The van der Waals surface area contributed by atoms with Crippen LogP contribution >= 0.6 is 0 Å². The van der Waals surface area contributed by atoms with Crippen molar-refractivity contribution in [2.24, 2.45) is 0 Å². The van der Waals surface area contributed by atoms with Crippen LogP contribution in [0.2, 0.25) is 0 Å². The molecular formula is C24H26N4O4. The molecule has 0 bridgehead atoms. The van der Waals surface area contributed by atoms with Crippen molar-refractivity contribution in [3.05, 3.63) is 77.6 Å². The van der Waals surface area contributed by atoms with Gasteiger partial charge in [-0.15, -0.1) is 0 Å². The quantitative estimate of drug-likeness (QED) is 0.593. The Balaban J connectivity index is 1.44. The van der Waals surface area contributed by atoms with E-state index in [4.69, 9.17) is 9.26 Å². The minimum atomic E-state index is -0.631. The number of ether oxygens (including phenoxy) is 1. The molecule has 1 aromatic heterocycles. The Morgan fingerprint density at radius 1 is 1.06 bits per heavy atom. The molecule has 1 aliphatic rings. The summed E-state index contributed by atoms with van der Waals surface area (Å²) in [5.41, 5.74) is 2.51. The molecule has 2 N–H and O–H groups in total. The first-order chi connectivity index (χ1) is 15.6. The van der Waals surface area contributed by atoms with Gasteiger partial charge in [0.2, 0.25) is 5.91 Å². The number of carbonyl (C=O) groups excluding carboxylic acids is 2. The number of amides is 2. The average molecular weight is 434 g/mol. The lowest BCUT2D eigenvalue weighted by Crippen LogP contribution is -2.41. The molecule has 8 heteroatoms. The number of anilines is 2. The van der Waals surface area contributed by atoms with Crippen LogP contribution in [0.1, 0.15) is 22.9 Å². The summed E-state index contributed by atoms with van der Waals surface area (Å²) in [6, 6.07) is 18.1. The molecule has 0 spiro atoms. The van der Waals surface area contributed by atoms with Crippen LogP contribution < -0.4 is 10.6 Å². The first-order valence-electron chi connectivity index (χ1n) is 10.6. The summed E-state index contributed by atoms with van der Waals surface area (Å²) in [5.74, 6) is 0.827. The predicted octanol–water partition coefficient (Wildman–Crippen LogP) is 3.18. The Morgan fingerprint density at radius 2 is 1.78 bits per heavy atom. The van der Waals surface area contributed by atoms with E-state index >= 15 is 0 Å². The van der Waals surface area contributed by atoms with E-state index in [9.17, 15) is 9.59 Å². The maximum absolute atomic E-state index is 13.0. The zero-order chi connectivity index (χ0) is 22.3. The number of hydrogen-bond acceptors (Lipinski definition) is 6. The summed E-state index contributed by atoms with van der Waals surface area (Å²) in [5, 5.41) is 9.91. The second kappa shape index (κ2) is 10.1. The lowest BCUT2D eigenvalue weighted by Gasteiger charge is -2.27. The molecule has 1 fully saturated rings. The zero-order valence-corrected chi connectivity index (χ0v) is 17.9. The van der Waals surface area contributed by atoms with Crippen LogP contribution in [0.3, 0.4) is 0 Å². The van der Waals surface area contributed by atoms with Crippen molar-refractivity contribution in [3.8, 4) is 0 Å². The maximum atomic E-state index is 13.0. The Labute approximate surface area is 186 Å². The number of nitrogens with zero attached hydrogens (tertiary/aromatic N) is 2. The summed E-state index contributed by atoms with van der Waals surface area (Å²) < 4.78 is 10.3. The van der Waals surface area contributed by atoms with E-state index in [1.54, 1.807) is 13.0 Å². The van der Waals surface area contributed by atoms with Crippen molar-refractivity contribution in [1.82, 2.24) is 10.1 Å². The highest BCUT2D eigenvalue weighted by Gasteiger charge is 2.22. The largest absolute Gasteiger partial charge is 0.378 e. The monoisotopic (exact) mass is 434 g/mol. The molecule has 2 heterocycles. The minimum absolute atomic E-state index is 0.0958. The minimum Gasteiger partial charge on any atom is -0.378 e. The van der Waals surface area contributed by atoms with E-state index in [2.05, 4.69) is 15.8 Å². The fourth-order valence-corrected chi connectivity index (χ4v) is 3.55. The normalized spacial score (nSPS) is 14.6. The highest BCUT2D eigenvalue weighted by atomic mass is 16.5. The van der Waals surface area contributed by atoms with Gasteiger partial charge in [0.15, 0.2) is 5.82 Å². The molecule has 1 saturated heterocycles. The van der Waals surface area contributed by atoms with Gasteiger partial charge in [0.1, 0.15) is 11.8 Å². The summed E-state index contributed by atoms with van der Waals surface area (Å²) in [6.45, 7) is 4.21. The van der Waals surface area contributed by atoms with Gasteiger partial charge in [0.05, 0.1) is 19.6 Å². The SMILES string of the molecule is Cc1cc(NC(=O)C(Nc2ccc(CC(=O)N3CCOCC3)cc2)c2ccccc2)no1. The Kier molecular flexibility index (Phi) is 6.81. The molecule has 4 rings (SSSR count). The van der Waals surface area contributed by atoms with Crippen LogP contribution in [-0.4, -0.2) is 48.2 Å². The number of carbonyl (C=O) groups is 2. The average Bonchev–Trinajstić information content (AvgIpc) is 3.24. The highest BCUT2D eigenvalue weighted by molar-refractivity contribution is 5.96. The molecule has 0 saturated carbocycles. The summed E-state index contributed by atoms with van der Waals surface area (Å²) in [6.07, 6.45) is 0.342. The number of rotatable bonds is 7. The molecule has 1 atom stereocenters. The highest BCUT2D eigenvalue weighted by Crippen LogP contribution is 2.22. The molecule has 0 radical (unpaired) electrons. The molecule has 2 aromatic carbocycles. The molecule has 0 aliphatic carbocycles. The second-order valence-electron chi connectivity index (χ2n) is 7.67. The van der Waals surface area contributed by atoms with Crippen molar-refractivity contribution in [2.75, 3.05) is 36.9 Å². The van der Waals surface area contributed by atoms with E-state index in [-0.39, 0.29) is 11.8 Å². The van der Waals surface area contributed by atoms with E-state index in [0.717, 1.165) is 16.8 Å². The van der Waals surface area contributed by atoms with E-state index in [0.29, 0.717) is 44.3 Å². The van der Waals surface area contributed by atoms with Crippen LogP contribution in [0.15, 0.2) is 65.2 Å². The van der Waals surface area contributed by atoms with Crippen molar-refractivity contribution in [3.63, 3.8) is 0 Å². The number of benzene rings is 2. The van der Waals surface area contributed by atoms with E-state index in [1.807, 2.05) is 59.5 Å². The van der Waals surface area contributed by atoms with Gasteiger partial charge in [0.25, 0.3) is 5.91 Å². The van der Waals surface area contributed by atoms with E-state index in [1.165, 1.54) is 0 Å². The molecule has 32 heavy (non-hydrogen) atoms. The third-order valence-electron chi connectivity index (χ3n) is 5.26. The molecule has 166 valence electrons. The van der Waals surface area contributed by atoms with Crippen molar-refractivity contribution in [2.45, 2.75) is 19.4 Å². The first-order valence-corrected chi connectivity index (χ1v) is 10.6. The van der Waals surface area contributed by atoms with Gasteiger partial charge in [-0.25, -0.2) is 0 Å². The number of aryl methyl sites for hydroxylation is 1. The molecule has 2 amide bonds. The van der Waals surface area contributed by atoms with Gasteiger partial charge < -0.3 is 24.8 Å². The van der Waals surface area contributed by atoms with Gasteiger partial charge in [-0.3, -0.25) is 9.59 Å². The molecular weight excluding hydrogens is 408 g/mol. The fraction of sp³-hybridized carbons (Fsp3) is 0.292. The molecule has 1 unspecified atom stereocenters. The van der Waals surface area contributed by atoms with Gasteiger partial charge in [0, 0.05) is 24.8 Å². The Morgan fingerprint density at radius 3 is 2.44 bits per heavy atom. The van der Waals surface area contributed by atoms with Gasteiger partial charge in [-0.2, -0.15) is 0 Å². The van der Waals surface area contributed by atoms with Crippen LogP contribution in [0.5, 0.6) is 0 Å². The van der Waals surface area contributed by atoms with Crippen molar-refractivity contribution in [1.29, 1.82) is 0 Å². The topological polar surface area (TPSA) is 96.7 Å². The van der Waals surface area contributed by atoms with Crippen LogP contribution in [0.25, 0.3) is 0 Å². The number of aromatic nitrogens is 1.